The lowest BCUT2D eigenvalue weighted by Crippen LogP contribution is -2.45. The van der Waals surface area contributed by atoms with E-state index in [9.17, 15) is 23.1 Å². The molecular weight excluding hydrogens is 466 g/mol. The lowest BCUT2D eigenvalue weighted by atomic mass is 10.2. The first-order valence-electron chi connectivity index (χ1n) is 9.13. The van der Waals surface area contributed by atoms with Gasteiger partial charge in [0.2, 0.25) is 15.9 Å². The van der Waals surface area contributed by atoms with Crippen molar-refractivity contribution in [2.45, 2.75) is 51.2 Å². The van der Waals surface area contributed by atoms with Gasteiger partial charge < -0.3 is 15.2 Å². The Bertz CT molecular complexity index is 1090. The van der Waals surface area contributed by atoms with Gasteiger partial charge in [0.25, 0.3) is 0 Å². The second-order valence-corrected chi connectivity index (χ2v) is 10.8. The van der Waals surface area contributed by atoms with Crippen LogP contribution in [0.25, 0.3) is 10.4 Å². The van der Waals surface area contributed by atoms with Gasteiger partial charge in [-0.15, -0.1) is 0 Å². The van der Waals surface area contributed by atoms with Crippen LogP contribution in [0.1, 0.15) is 33.4 Å². The molecule has 3 N–H and O–H groups in total. The number of halogens is 1. The fourth-order valence-electron chi connectivity index (χ4n) is 2.46. The van der Waals surface area contributed by atoms with Crippen molar-refractivity contribution in [1.29, 1.82) is 0 Å². The quantitative estimate of drug-likeness (QED) is 0.517. The van der Waals surface area contributed by atoms with Gasteiger partial charge in [0, 0.05) is 6.92 Å². The van der Waals surface area contributed by atoms with E-state index in [2.05, 4.69) is 15.0 Å². The molecule has 1 aromatic carbocycles. The molecule has 1 heterocycles. The number of nitrogens with zero attached hydrogens (tertiary/aromatic N) is 1. The van der Waals surface area contributed by atoms with Crippen LogP contribution in [-0.4, -0.2) is 48.6 Å². The van der Waals surface area contributed by atoms with Gasteiger partial charge in [-0.25, -0.2) is 13.4 Å². The third kappa shape index (κ3) is 6.97. The number of anilines is 1. The van der Waals surface area contributed by atoms with Crippen LogP contribution in [0.4, 0.5) is 5.13 Å². The van der Waals surface area contributed by atoms with Gasteiger partial charge in [0.1, 0.15) is 10.9 Å². The second kappa shape index (κ2) is 9.61. The number of ether oxygens (including phenoxy) is 1. The summed E-state index contributed by atoms with van der Waals surface area (Å²) < 4.78 is 33.4. The maximum absolute atomic E-state index is 12.9. The number of carbonyl (C=O) groups is 2. The molecule has 0 saturated carbocycles. The number of hydrogen-bond acceptors (Lipinski definition) is 7. The Labute approximate surface area is 189 Å². The number of benzene rings is 1. The van der Waals surface area contributed by atoms with Gasteiger partial charge in [-0.3, -0.25) is 9.59 Å². The van der Waals surface area contributed by atoms with E-state index in [-0.39, 0.29) is 22.4 Å². The molecule has 0 fully saturated rings. The predicted octanol–water partition coefficient (Wildman–Crippen LogP) is 3.28. The van der Waals surface area contributed by atoms with Crippen molar-refractivity contribution < 1.29 is 27.9 Å². The molecule has 1 aromatic heterocycles. The number of nitrogens with one attached hydrogen (secondary N) is 2. The van der Waals surface area contributed by atoms with Gasteiger partial charge in [-0.2, -0.15) is 4.72 Å². The fraction of sp³-hybridized carbons (Fsp3) is 0.421. The fourth-order valence-corrected chi connectivity index (χ4v) is 5.17. The number of aromatic nitrogens is 1. The summed E-state index contributed by atoms with van der Waals surface area (Å²) in [4.78, 5) is 27.4. The molecule has 0 aliphatic heterocycles. The number of aliphatic carboxylic acids is 1. The lowest BCUT2D eigenvalue weighted by Gasteiger charge is -2.23. The van der Waals surface area contributed by atoms with Crippen LogP contribution < -0.4 is 10.0 Å². The first-order valence-corrected chi connectivity index (χ1v) is 11.8. The van der Waals surface area contributed by atoms with Crippen molar-refractivity contribution in [2.75, 3.05) is 11.9 Å². The molecule has 0 aliphatic rings. The average Bonchev–Trinajstić information content (AvgIpc) is 2.97. The number of thiazole rings is 1. The number of carboxylic acid groups (broad SMARTS) is 1. The molecule has 1 atom stereocenters. The van der Waals surface area contributed by atoms with Gasteiger partial charge in [0.15, 0.2) is 5.13 Å². The van der Waals surface area contributed by atoms with E-state index < -0.39 is 27.6 Å². The first kappa shape index (κ1) is 25.2. The minimum Gasteiger partial charge on any atom is -0.480 e. The van der Waals surface area contributed by atoms with Gasteiger partial charge >= 0.3 is 5.97 Å². The number of hydrogen-bond donors (Lipinski definition) is 3. The summed E-state index contributed by atoms with van der Waals surface area (Å²) in [5.41, 5.74) is 0.454. The van der Waals surface area contributed by atoms with Crippen LogP contribution >= 0.6 is 22.9 Å². The van der Waals surface area contributed by atoms with E-state index in [1.807, 2.05) is 0 Å². The van der Waals surface area contributed by atoms with E-state index in [1.54, 1.807) is 33.8 Å². The van der Waals surface area contributed by atoms with Crippen molar-refractivity contribution in [3.63, 3.8) is 0 Å². The SMILES string of the molecule is CC(=O)Nc1nc(C)c(-c2ccc(Cl)c(S(=O)(=O)N[C@H](COC(C)(C)C)C(=O)O)c2)s1. The lowest BCUT2D eigenvalue weighted by molar-refractivity contribution is -0.142. The Kier molecular flexibility index (Phi) is 7.82. The third-order valence-corrected chi connectivity index (χ3v) is 6.92. The van der Waals surface area contributed by atoms with Crippen LogP contribution in [0, 0.1) is 6.92 Å². The monoisotopic (exact) mass is 489 g/mol. The van der Waals surface area contributed by atoms with Crippen LogP contribution in [0.15, 0.2) is 23.1 Å². The molecule has 0 spiro atoms. The Morgan fingerprint density at radius 1 is 1.32 bits per heavy atom. The summed E-state index contributed by atoms with van der Waals surface area (Å²) in [6, 6.07) is 2.87. The van der Waals surface area contributed by atoms with Crippen LogP contribution in [0.5, 0.6) is 0 Å². The smallest absolute Gasteiger partial charge is 0.324 e. The number of aryl methyl sites for hydroxylation is 1. The molecule has 12 heteroatoms. The van der Waals surface area contributed by atoms with Gasteiger partial charge in [-0.05, 0) is 45.4 Å². The highest BCUT2D eigenvalue weighted by Crippen LogP contribution is 2.35. The normalized spacial score (nSPS) is 13.1. The molecule has 0 radical (unpaired) electrons. The highest BCUT2D eigenvalue weighted by molar-refractivity contribution is 7.89. The molecule has 2 aromatic rings. The third-order valence-electron chi connectivity index (χ3n) is 3.84. The summed E-state index contributed by atoms with van der Waals surface area (Å²) in [6.07, 6.45) is 0. The highest BCUT2D eigenvalue weighted by atomic mass is 35.5. The molecule has 0 saturated heterocycles. The maximum Gasteiger partial charge on any atom is 0.324 e. The molecule has 9 nitrogen and oxygen atoms in total. The number of carbonyl (C=O) groups excluding carboxylic acids is 1. The molecule has 2 rings (SSSR count). The van der Waals surface area contributed by atoms with Crippen molar-refractivity contribution in [3.8, 4) is 10.4 Å². The predicted molar refractivity (Wildman–Crippen MR) is 119 cm³/mol. The van der Waals surface area contributed by atoms with Crippen molar-refractivity contribution in [2.24, 2.45) is 0 Å². The molecule has 0 bridgehead atoms. The summed E-state index contributed by atoms with van der Waals surface area (Å²) in [7, 11) is -4.29. The van der Waals surface area contributed by atoms with Crippen molar-refractivity contribution in [3.05, 3.63) is 28.9 Å². The van der Waals surface area contributed by atoms with Crippen LogP contribution in [-0.2, 0) is 24.3 Å². The molecule has 0 aliphatic carbocycles. The van der Waals surface area contributed by atoms with Gasteiger partial charge in [-0.1, -0.05) is 29.0 Å². The largest absolute Gasteiger partial charge is 0.480 e. The zero-order valence-electron chi connectivity index (χ0n) is 17.6. The minimum absolute atomic E-state index is 0.0682. The summed E-state index contributed by atoms with van der Waals surface area (Å²) in [5.74, 6) is -1.65. The Morgan fingerprint density at radius 3 is 2.52 bits per heavy atom. The average molecular weight is 490 g/mol. The van der Waals surface area contributed by atoms with E-state index in [0.717, 1.165) is 0 Å². The Hall–Kier alpha value is -2.05. The standard InChI is InChI=1S/C19H24ClN3O6S2/c1-10-16(30-18(21-10)22-11(2)24)12-6-7-13(20)15(8-12)31(27,28)23-14(17(25)26)9-29-19(3,4)5/h6-8,14,23H,9H2,1-5H3,(H,25,26)(H,21,22,24)/t14-/m1/s1. The molecule has 1 amide bonds. The number of amides is 1. The van der Waals surface area contributed by atoms with Crippen molar-refractivity contribution in [1.82, 2.24) is 9.71 Å². The molecule has 0 unspecified atom stereocenters. The van der Waals surface area contributed by atoms with E-state index in [1.165, 1.54) is 30.4 Å². The van der Waals surface area contributed by atoms with E-state index >= 15 is 0 Å². The van der Waals surface area contributed by atoms with Crippen LogP contribution in [0.3, 0.4) is 0 Å². The first-order chi connectivity index (χ1) is 14.2. The molecule has 31 heavy (non-hydrogen) atoms. The second-order valence-electron chi connectivity index (χ2n) is 7.70. The van der Waals surface area contributed by atoms with Gasteiger partial charge in [0.05, 0.1) is 27.8 Å². The molecular formula is C19H24ClN3O6S2. The molecule has 170 valence electrons. The van der Waals surface area contributed by atoms with E-state index in [0.29, 0.717) is 21.3 Å². The number of rotatable bonds is 8. The summed E-state index contributed by atoms with van der Waals surface area (Å²) in [5, 5.41) is 12.3. The zero-order chi connectivity index (χ0) is 23.6. The number of sulfonamides is 1. The van der Waals surface area contributed by atoms with Crippen LogP contribution in [0.2, 0.25) is 5.02 Å². The minimum atomic E-state index is -4.29. The van der Waals surface area contributed by atoms with Crippen molar-refractivity contribution >= 4 is 50.0 Å². The Balaban J connectivity index is 2.38. The topological polar surface area (TPSA) is 135 Å². The highest BCUT2D eigenvalue weighted by Gasteiger charge is 2.29. The maximum atomic E-state index is 12.9. The summed E-state index contributed by atoms with van der Waals surface area (Å²) >= 11 is 7.31. The number of carboxylic acids is 1. The summed E-state index contributed by atoms with van der Waals surface area (Å²) in [6.45, 7) is 7.91. The zero-order valence-corrected chi connectivity index (χ0v) is 20.0. The Morgan fingerprint density at radius 2 is 1.97 bits per heavy atom. The van der Waals surface area contributed by atoms with E-state index in [4.69, 9.17) is 16.3 Å².